The van der Waals surface area contributed by atoms with Gasteiger partial charge in [-0.1, -0.05) is 88.1 Å². The van der Waals surface area contributed by atoms with E-state index in [0.717, 1.165) is 35.5 Å². The molecule has 0 bridgehead atoms. The second kappa shape index (κ2) is 8.54. The van der Waals surface area contributed by atoms with Gasteiger partial charge in [-0.2, -0.15) is 0 Å². The minimum Gasteiger partial charge on any atom is -0.0808 e. The summed E-state index contributed by atoms with van der Waals surface area (Å²) in [5, 5.41) is 0. The molecule has 4 aliphatic rings. The molecule has 0 N–H and O–H groups in total. The standard InChI is InChI=1S/C27H40/c1-3-5-19-27(20-6-4-2,25-17-15-21-11-7-9-13-23(21)25)26-18-16-22-12-8-10-14-24(22)26/h7-14,21-26H,3-6,15-20H2,1-2H3. The first-order chi connectivity index (χ1) is 13.3. The molecule has 0 saturated heterocycles. The Labute approximate surface area is 167 Å². The highest BCUT2D eigenvalue weighted by atomic mass is 14.6. The average Bonchev–Trinajstić information content (AvgIpc) is 3.34. The van der Waals surface area contributed by atoms with Crippen molar-refractivity contribution < 1.29 is 0 Å². The third kappa shape index (κ3) is 3.54. The lowest BCUT2D eigenvalue weighted by Crippen LogP contribution is -2.42. The monoisotopic (exact) mass is 364 g/mol. The molecule has 2 saturated carbocycles. The second-order valence-corrected chi connectivity index (χ2v) is 9.83. The minimum absolute atomic E-state index is 0.565. The van der Waals surface area contributed by atoms with Crippen LogP contribution in [0.3, 0.4) is 0 Å². The minimum atomic E-state index is 0.565. The summed E-state index contributed by atoms with van der Waals surface area (Å²) in [6.07, 6.45) is 33.8. The first-order valence-electron chi connectivity index (χ1n) is 12.0. The van der Waals surface area contributed by atoms with Crippen molar-refractivity contribution in [2.24, 2.45) is 40.9 Å². The van der Waals surface area contributed by atoms with Crippen LogP contribution in [0, 0.1) is 40.9 Å². The second-order valence-electron chi connectivity index (χ2n) is 9.83. The predicted octanol–water partition coefficient (Wildman–Crippen LogP) is 7.89. The van der Waals surface area contributed by atoms with Gasteiger partial charge in [0.25, 0.3) is 0 Å². The number of hydrogen-bond donors (Lipinski definition) is 0. The first-order valence-corrected chi connectivity index (χ1v) is 12.0. The fourth-order valence-electron chi connectivity index (χ4n) is 7.41. The van der Waals surface area contributed by atoms with Crippen LogP contribution in [-0.4, -0.2) is 0 Å². The van der Waals surface area contributed by atoms with Crippen LogP contribution in [0.25, 0.3) is 0 Å². The van der Waals surface area contributed by atoms with Crippen LogP contribution in [0.1, 0.15) is 78.1 Å². The molecule has 6 atom stereocenters. The van der Waals surface area contributed by atoms with Gasteiger partial charge in [-0.05, 0) is 79.4 Å². The molecular formula is C27H40. The van der Waals surface area contributed by atoms with Gasteiger partial charge in [-0.25, -0.2) is 0 Å². The Morgan fingerprint density at radius 3 is 1.52 bits per heavy atom. The number of rotatable bonds is 8. The highest BCUT2D eigenvalue weighted by Crippen LogP contribution is 2.62. The molecule has 4 aliphatic carbocycles. The van der Waals surface area contributed by atoms with Gasteiger partial charge in [0.1, 0.15) is 0 Å². The lowest BCUT2D eigenvalue weighted by atomic mass is 9.55. The van der Waals surface area contributed by atoms with Crippen molar-refractivity contribution >= 4 is 0 Å². The van der Waals surface area contributed by atoms with Crippen LogP contribution in [0.2, 0.25) is 0 Å². The van der Waals surface area contributed by atoms with E-state index in [1.165, 1.54) is 64.2 Å². The lowest BCUT2D eigenvalue weighted by Gasteiger charge is -2.49. The molecule has 0 aromatic carbocycles. The fourth-order valence-corrected chi connectivity index (χ4v) is 7.41. The molecule has 4 rings (SSSR count). The van der Waals surface area contributed by atoms with Gasteiger partial charge in [-0.3, -0.25) is 0 Å². The molecule has 0 heterocycles. The van der Waals surface area contributed by atoms with Gasteiger partial charge >= 0.3 is 0 Å². The molecule has 0 radical (unpaired) electrons. The summed E-state index contributed by atoms with van der Waals surface area (Å²) in [6, 6.07) is 0. The van der Waals surface area contributed by atoms with E-state index in [0.29, 0.717) is 5.41 Å². The van der Waals surface area contributed by atoms with Crippen LogP contribution in [0.15, 0.2) is 48.6 Å². The van der Waals surface area contributed by atoms with Crippen LogP contribution >= 0.6 is 0 Å². The molecule has 0 aliphatic heterocycles. The number of hydrogen-bond acceptors (Lipinski definition) is 0. The summed E-state index contributed by atoms with van der Waals surface area (Å²) >= 11 is 0. The van der Waals surface area contributed by atoms with Crippen LogP contribution < -0.4 is 0 Å². The molecule has 0 heteroatoms. The number of unbranched alkanes of at least 4 members (excludes halogenated alkanes) is 2. The molecule has 27 heavy (non-hydrogen) atoms. The van der Waals surface area contributed by atoms with E-state index in [4.69, 9.17) is 0 Å². The van der Waals surface area contributed by atoms with E-state index in [9.17, 15) is 0 Å². The summed E-state index contributed by atoms with van der Waals surface area (Å²) in [4.78, 5) is 0. The van der Waals surface area contributed by atoms with Crippen molar-refractivity contribution in [2.75, 3.05) is 0 Å². The zero-order valence-electron chi connectivity index (χ0n) is 17.7. The van der Waals surface area contributed by atoms with Crippen LogP contribution in [0.5, 0.6) is 0 Å². The number of allylic oxidation sites excluding steroid dienone is 8. The predicted molar refractivity (Wildman–Crippen MR) is 117 cm³/mol. The Hall–Kier alpha value is -1.04. The Morgan fingerprint density at radius 1 is 0.630 bits per heavy atom. The van der Waals surface area contributed by atoms with Gasteiger partial charge < -0.3 is 0 Å². The maximum Gasteiger partial charge on any atom is -0.0134 e. The van der Waals surface area contributed by atoms with Crippen molar-refractivity contribution in [3.05, 3.63) is 48.6 Å². The van der Waals surface area contributed by atoms with Crippen molar-refractivity contribution in [3.63, 3.8) is 0 Å². The third-order valence-corrected chi connectivity index (χ3v) is 8.61. The zero-order valence-corrected chi connectivity index (χ0v) is 17.7. The summed E-state index contributed by atoms with van der Waals surface area (Å²) in [6.45, 7) is 4.79. The molecule has 0 amide bonds. The maximum absolute atomic E-state index is 2.60. The lowest BCUT2D eigenvalue weighted by molar-refractivity contribution is 0.0114. The largest absolute Gasteiger partial charge is 0.0808 e. The van der Waals surface area contributed by atoms with Crippen molar-refractivity contribution in [1.82, 2.24) is 0 Å². The Balaban J connectivity index is 1.69. The Bertz CT molecular complexity index is 550. The Kier molecular flexibility index (Phi) is 6.10. The molecule has 2 fully saturated rings. The zero-order chi connectivity index (χ0) is 18.7. The molecule has 148 valence electrons. The third-order valence-electron chi connectivity index (χ3n) is 8.61. The van der Waals surface area contributed by atoms with Gasteiger partial charge in [0.2, 0.25) is 0 Å². The maximum atomic E-state index is 2.60. The van der Waals surface area contributed by atoms with Crippen molar-refractivity contribution in [3.8, 4) is 0 Å². The normalized spacial score (nSPS) is 37.0. The van der Waals surface area contributed by atoms with E-state index in [-0.39, 0.29) is 0 Å². The Morgan fingerprint density at radius 2 is 1.07 bits per heavy atom. The smallest absolute Gasteiger partial charge is 0.0134 e. The molecule has 0 aromatic rings. The van der Waals surface area contributed by atoms with Gasteiger partial charge in [0.05, 0.1) is 0 Å². The quantitative estimate of drug-likeness (QED) is 0.411. The summed E-state index contributed by atoms with van der Waals surface area (Å²) in [7, 11) is 0. The van der Waals surface area contributed by atoms with Crippen LogP contribution in [-0.2, 0) is 0 Å². The molecule has 0 nitrogen and oxygen atoms in total. The van der Waals surface area contributed by atoms with Gasteiger partial charge in [0.15, 0.2) is 0 Å². The van der Waals surface area contributed by atoms with Gasteiger partial charge in [-0.15, -0.1) is 0 Å². The van der Waals surface area contributed by atoms with E-state index in [2.05, 4.69) is 62.5 Å². The highest BCUT2D eigenvalue weighted by molar-refractivity contribution is 5.22. The first kappa shape index (κ1) is 19.3. The number of fused-ring (bicyclic) bond motifs is 2. The van der Waals surface area contributed by atoms with E-state index < -0.39 is 0 Å². The summed E-state index contributed by atoms with van der Waals surface area (Å²) in [5.41, 5.74) is 0.565. The SMILES string of the molecule is CCCCC(CCCC)(C1CCC2C=CC=CC21)C1CCC2C=CC=CC21. The average molecular weight is 365 g/mol. The van der Waals surface area contributed by atoms with E-state index in [1.54, 1.807) is 0 Å². The van der Waals surface area contributed by atoms with Crippen molar-refractivity contribution in [1.29, 1.82) is 0 Å². The molecule has 6 unspecified atom stereocenters. The molecule has 0 spiro atoms. The van der Waals surface area contributed by atoms with Gasteiger partial charge in [0, 0.05) is 0 Å². The summed E-state index contributed by atoms with van der Waals surface area (Å²) in [5.74, 6) is 5.08. The highest BCUT2D eigenvalue weighted by Gasteiger charge is 2.54. The van der Waals surface area contributed by atoms with E-state index >= 15 is 0 Å². The molecular weight excluding hydrogens is 324 g/mol. The topological polar surface area (TPSA) is 0 Å². The van der Waals surface area contributed by atoms with E-state index in [1.807, 2.05) is 0 Å². The van der Waals surface area contributed by atoms with Crippen LogP contribution in [0.4, 0.5) is 0 Å². The fraction of sp³-hybridized carbons (Fsp3) is 0.704. The molecule has 0 aromatic heterocycles. The summed E-state index contributed by atoms with van der Waals surface area (Å²) < 4.78 is 0. The van der Waals surface area contributed by atoms with Crippen molar-refractivity contribution in [2.45, 2.75) is 78.1 Å².